The van der Waals surface area contributed by atoms with Gasteiger partial charge >= 0.3 is 0 Å². The Hall–Kier alpha value is 0.760. The van der Waals surface area contributed by atoms with E-state index in [9.17, 15) is 14.4 Å². The average Bonchev–Trinajstić information content (AvgIpc) is 2.33. The van der Waals surface area contributed by atoms with Gasteiger partial charge in [0.1, 0.15) is 6.61 Å². The molecule has 0 heterocycles. The van der Waals surface area contributed by atoms with Crippen LogP contribution in [0.4, 0.5) is 5.69 Å². The van der Waals surface area contributed by atoms with Gasteiger partial charge in [0.25, 0.3) is 10.5 Å². The number of hydrogen-bond donors (Lipinski definition) is 1. The minimum atomic E-state index is -0.735. The van der Waals surface area contributed by atoms with E-state index in [1.807, 2.05) is 67.8 Å². The second-order valence-corrected chi connectivity index (χ2v) is 7.52. The SMILES string of the molecule is COCC(=O)Nc1c(I)c(C(=O)Cl)c(I)c(C(=O)Cl)c1I. The van der Waals surface area contributed by atoms with Gasteiger partial charge in [-0.15, -0.1) is 0 Å². The van der Waals surface area contributed by atoms with Gasteiger partial charge in [-0.25, -0.2) is 0 Å². The molecule has 1 aromatic carbocycles. The lowest BCUT2D eigenvalue weighted by Crippen LogP contribution is -2.21. The molecule has 0 atom stereocenters. The normalized spacial score (nSPS) is 10.4. The Balaban J connectivity index is 3.60. The summed E-state index contributed by atoms with van der Waals surface area (Å²) in [5.74, 6) is -0.421. The number of nitrogens with one attached hydrogen (secondary N) is 1. The molecule has 0 aliphatic carbocycles. The fourth-order valence-corrected chi connectivity index (χ4v) is 6.86. The summed E-state index contributed by atoms with van der Waals surface area (Å²) >= 11 is 16.7. The summed E-state index contributed by atoms with van der Waals surface area (Å²) in [6.45, 7) is -0.160. The Bertz CT molecular complexity index is 595. The predicted molar refractivity (Wildman–Crippen MR) is 105 cm³/mol. The van der Waals surface area contributed by atoms with Crippen molar-refractivity contribution in [3.8, 4) is 0 Å². The molecule has 0 aromatic heterocycles. The van der Waals surface area contributed by atoms with Crippen LogP contribution in [0.2, 0.25) is 0 Å². The molecule has 0 saturated carbocycles. The lowest BCUT2D eigenvalue weighted by Gasteiger charge is -2.16. The predicted octanol–water partition coefficient (Wildman–Crippen LogP) is 3.84. The third-order valence-corrected chi connectivity index (χ3v) is 5.86. The molecule has 0 fully saturated rings. The van der Waals surface area contributed by atoms with Crippen molar-refractivity contribution in [1.82, 2.24) is 0 Å². The zero-order chi connectivity index (χ0) is 16.3. The van der Waals surface area contributed by atoms with E-state index >= 15 is 0 Å². The maximum absolute atomic E-state index is 11.7. The van der Waals surface area contributed by atoms with Gasteiger partial charge in [0.15, 0.2) is 0 Å². The molecule has 1 amide bonds. The molecular formula is C11H6Cl2I3NO4. The van der Waals surface area contributed by atoms with Crippen molar-refractivity contribution in [3.05, 3.63) is 21.8 Å². The van der Waals surface area contributed by atoms with Crippen LogP contribution >= 0.6 is 91.0 Å². The van der Waals surface area contributed by atoms with Crippen LogP contribution in [0, 0.1) is 10.7 Å². The highest BCUT2D eigenvalue weighted by Gasteiger charge is 2.27. The molecule has 0 bridgehead atoms. The number of carbonyl (C=O) groups excluding carboxylic acids is 3. The van der Waals surface area contributed by atoms with Crippen molar-refractivity contribution < 1.29 is 19.1 Å². The summed E-state index contributed by atoms with van der Waals surface area (Å²) in [5, 5.41) is 1.12. The second kappa shape index (κ2) is 8.57. The third kappa shape index (κ3) is 4.62. The first kappa shape index (κ1) is 19.8. The molecule has 21 heavy (non-hydrogen) atoms. The van der Waals surface area contributed by atoms with E-state index in [0.29, 0.717) is 16.4 Å². The summed E-state index contributed by atoms with van der Waals surface area (Å²) in [6, 6.07) is 0. The largest absolute Gasteiger partial charge is 0.375 e. The highest BCUT2D eigenvalue weighted by atomic mass is 127. The van der Waals surface area contributed by atoms with E-state index < -0.39 is 16.4 Å². The van der Waals surface area contributed by atoms with Gasteiger partial charge in [0.05, 0.1) is 24.0 Å². The number of carbonyl (C=O) groups is 3. The lowest BCUT2D eigenvalue weighted by molar-refractivity contribution is -0.119. The Morgan fingerprint density at radius 3 is 1.76 bits per heavy atom. The first-order chi connectivity index (χ1) is 9.72. The highest BCUT2D eigenvalue weighted by molar-refractivity contribution is 14.1. The first-order valence-corrected chi connectivity index (χ1v) is 9.10. The van der Waals surface area contributed by atoms with Crippen LogP contribution in [0.1, 0.15) is 20.7 Å². The Kier molecular flexibility index (Phi) is 8.08. The maximum Gasteiger partial charge on any atom is 0.254 e. The van der Waals surface area contributed by atoms with E-state index in [4.69, 9.17) is 27.9 Å². The molecule has 1 N–H and O–H groups in total. The number of hydrogen-bond acceptors (Lipinski definition) is 4. The van der Waals surface area contributed by atoms with Crippen molar-refractivity contribution in [2.75, 3.05) is 19.0 Å². The zero-order valence-electron chi connectivity index (χ0n) is 10.2. The summed E-state index contributed by atoms with van der Waals surface area (Å²) in [6.07, 6.45) is 0. The van der Waals surface area contributed by atoms with Gasteiger partial charge in [-0.1, -0.05) is 0 Å². The highest BCUT2D eigenvalue weighted by Crippen LogP contribution is 2.37. The molecule has 114 valence electrons. The summed E-state index contributed by atoms with van der Waals surface area (Å²) in [5.41, 5.74) is 0.580. The fourth-order valence-electron chi connectivity index (χ4n) is 1.43. The molecule has 0 unspecified atom stereocenters. The topological polar surface area (TPSA) is 72.5 Å². The number of methoxy groups -OCH3 is 1. The first-order valence-electron chi connectivity index (χ1n) is 5.11. The smallest absolute Gasteiger partial charge is 0.254 e. The molecule has 0 aliphatic heterocycles. The van der Waals surface area contributed by atoms with Crippen molar-refractivity contribution in [3.63, 3.8) is 0 Å². The molecule has 0 radical (unpaired) electrons. The number of halogens is 5. The summed E-state index contributed by atoms with van der Waals surface area (Å²) in [4.78, 5) is 34.9. The quantitative estimate of drug-likeness (QED) is 0.383. The number of amides is 1. The maximum atomic E-state index is 11.7. The van der Waals surface area contributed by atoms with Crippen molar-refractivity contribution >= 4 is 113 Å². The zero-order valence-corrected chi connectivity index (χ0v) is 18.2. The number of benzene rings is 1. The minimum absolute atomic E-state index is 0.134. The van der Waals surface area contributed by atoms with Crippen LogP contribution in [0.3, 0.4) is 0 Å². The van der Waals surface area contributed by atoms with E-state index in [1.165, 1.54) is 7.11 Å². The van der Waals surface area contributed by atoms with Crippen LogP contribution in [0.5, 0.6) is 0 Å². The van der Waals surface area contributed by atoms with Gasteiger partial charge in [-0.3, -0.25) is 14.4 Å². The molecule has 1 aromatic rings. The van der Waals surface area contributed by atoms with Crippen LogP contribution < -0.4 is 5.32 Å². The molecule has 0 saturated heterocycles. The second-order valence-electron chi connectivity index (χ2n) is 3.60. The van der Waals surface area contributed by atoms with Gasteiger partial charge in [-0.2, -0.15) is 0 Å². The summed E-state index contributed by atoms with van der Waals surface area (Å²) in [7, 11) is 1.38. The number of ether oxygens (including phenoxy) is 1. The Labute approximate surface area is 171 Å². The van der Waals surface area contributed by atoms with E-state index in [1.54, 1.807) is 0 Å². The number of rotatable bonds is 5. The molecular weight excluding hydrogens is 662 g/mol. The molecule has 1 rings (SSSR count). The lowest BCUT2D eigenvalue weighted by atomic mass is 10.1. The monoisotopic (exact) mass is 667 g/mol. The molecule has 10 heteroatoms. The fraction of sp³-hybridized carbons (Fsp3) is 0.182. The average molecular weight is 668 g/mol. The Morgan fingerprint density at radius 1 is 1.00 bits per heavy atom. The van der Waals surface area contributed by atoms with Crippen molar-refractivity contribution in [2.24, 2.45) is 0 Å². The molecule has 5 nitrogen and oxygen atoms in total. The Morgan fingerprint density at radius 2 is 1.43 bits per heavy atom. The van der Waals surface area contributed by atoms with Gasteiger partial charge < -0.3 is 10.1 Å². The minimum Gasteiger partial charge on any atom is -0.375 e. The van der Waals surface area contributed by atoms with Crippen molar-refractivity contribution in [2.45, 2.75) is 0 Å². The van der Waals surface area contributed by atoms with E-state index in [-0.39, 0.29) is 17.7 Å². The summed E-state index contributed by atoms with van der Waals surface area (Å²) < 4.78 is 5.96. The van der Waals surface area contributed by atoms with Gasteiger partial charge in [-0.05, 0) is 91.0 Å². The standard InChI is InChI=1S/C11H6Cl2I3NO4/c1-21-2-3(18)17-9-7(15)4(10(12)19)6(14)5(8(9)16)11(13)20/h2H2,1H3,(H,17,18). The van der Waals surface area contributed by atoms with Gasteiger partial charge in [0.2, 0.25) is 5.91 Å². The van der Waals surface area contributed by atoms with Gasteiger partial charge in [0, 0.05) is 10.7 Å². The van der Waals surface area contributed by atoms with Crippen LogP contribution in [-0.2, 0) is 9.53 Å². The van der Waals surface area contributed by atoms with E-state index in [0.717, 1.165) is 0 Å². The van der Waals surface area contributed by atoms with Crippen LogP contribution in [-0.4, -0.2) is 30.1 Å². The molecule has 0 spiro atoms. The van der Waals surface area contributed by atoms with Crippen molar-refractivity contribution in [1.29, 1.82) is 0 Å². The third-order valence-electron chi connectivity index (χ3n) is 2.25. The molecule has 0 aliphatic rings. The number of anilines is 1. The van der Waals surface area contributed by atoms with Crippen LogP contribution in [0.15, 0.2) is 0 Å². The van der Waals surface area contributed by atoms with Crippen LogP contribution in [0.25, 0.3) is 0 Å². The van der Waals surface area contributed by atoms with E-state index in [2.05, 4.69) is 5.32 Å².